The molecule has 0 radical (unpaired) electrons. The second-order valence-corrected chi connectivity index (χ2v) is 7.33. The fourth-order valence-electron chi connectivity index (χ4n) is 3.81. The molecule has 4 rings (SSSR count). The van der Waals surface area contributed by atoms with E-state index in [1.807, 2.05) is 0 Å². The average Bonchev–Trinajstić information content (AvgIpc) is 2.75. The van der Waals surface area contributed by atoms with Crippen molar-refractivity contribution in [3.63, 3.8) is 0 Å². The molecule has 2 aromatic carbocycles. The van der Waals surface area contributed by atoms with Crippen molar-refractivity contribution >= 4 is 28.7 Å². The van der Waals surface area contributed by atoms with Crippen LogP contribution < -0.4 is 5.32 Å². The van der Waals surface area contributed by atoms with Crippen molar-refractivity contribution in [1.29, 1.82) is 0 Å². The number of phenolic OH excluding ortho intramolecular Hbond substituents is 1. The average molecular weight is 428 g/mol. The molecule has 1 fully saturated rings. The smallest absolute Gasteiger partial charge is 0.416 e. The zero-order valence-corrected chi connectivity index (χ0v) is 16.4. The van der Waals surface area contributed by atoms with Crippen molar-refractivity contribution in [1.82, 2.24) is 15.5 Å². The molecule has 1 amide bonds. The zero-order chi connectivity index (χ0) is 22.0. The first-order valence-electron chi connectivity index (χ1n) is 9.81. The lowest BCUT2D eigenvalue weighted by Gasteiger charge is -2.23. The third-order valence-electron chi connectivity index (χ3n) is 5.34. The standard InChI is InChI=1S/C22H19F3N4O2/c23-22(24,25)13-9-10-16(19(31)11-13)20-14-5-1-2-6-15(14)21(29-28-20)27-18-8-4-3-7-17(18)26-12-30/h1-2,5-6,9-12,17,31H,3-4,7-8H2,(H,26,30). The molecule has 160 valence electrons. The van der Waals surface area contributed by atoms with Gasteiger partial charge in [-0.1, -0.05) is 30.7 Å². The summed E-state index contributed by atoms with van der Waals surface area (Å²) in [6.07, 6.45) is -0.438. The fraction of sp³-hybridized carbons (Fsp3) is 0.273. The molecule has 1 unspecified atom stereocenters. The van der Waals surface area contributed by atoms with Crippen molar-refractivity contribution in [2.45, 2.75) is 37.9 Å². The molecule has 1 aliphatic carbocycles. The Kier molecular flexibility index (Phi) is 5.58. The van der Waals surface area contributed by atoms with Gasteiger partial charge in [0.1, 0.15) is 11.4 Å². The Bertz CT molecular complexity index is 1160. The Morgan fingerprint density at radius 2 is 1.87 bits per heavy atom. The number of benzene rings is 2. The largest absolute Gasteiger partial charge is 0.507 e. The van der Waals surface area contributed by atoms with Crippen LogP contribution in [0.5, 0.6) is 5.75 Å². The Labute approximate surface area is 175 Å². The fourth-order valence-corrected chi connectivity index (χ4v) is 3.81. The van der Waals surface area contributed by atoms with Crippen LogP contribution in [-0.4, -0.2) is 33.5 Å². The Balaban J connectivity index is 1.81. The molecular weight excluding hydrogens is 409 g/mol. The molecule has 9 heteroatoms. The van der Waals surface area contributed by atoms with Gasteiger partial charge in [-0.05, 0) is 37.5 Å². The lowest BCUT2D eigenvalue weighted by molar-refractivity contribution is -0.137. The van der Waals surface area contributed by atoms with E-state index >= 15 is 0 Å². The SMILES string of the molecule is O=CNC1CCCCC1=Nc1nnc(-c2ccc(C(F)(F)F)cc2O)c2ccccc12. The van der Waals surface area contributed by atoms with Crippen molar-refractivity contribution in [3.05, 3.63) is 48.0 Å². The number of hydrogen-bond acceptors (Lipinski definition) is 5. The van der Waals surface area contributed by atoms with E-state index in [-0.39, 0.29) is 17.3 Å². The normalized spacial score (nSPS) is 18.3. The summed E-state index contributed by atoms with van der Waals surface area (Å²) < 4.78 is 38.8. The van der Waals surface area contributed by atoms with Crippen molar-refractivity contribution in [2.75, 3.05) is 0 Å². The number of aromatic nitrogens is 2. The number of aliphatic imine (C=N–C) groups is 1. The number of phenols is 1. The Morgan fingerprint density at radius 1 is 1.10 bits per heavy atom. The van der Waals surface area contributed by atoms with Crippen LogP contribution in [0.2, 0.25) is 0 Å². The molecule has 0 saturated heterocycles. The van der Waals surface area contributed by atoms with Gasteiger partial charge in [-0.25, -0.2) is 4.99 Å². The highest BCUT2D eigenvalue weighted by molar-refractivity contribution is 6.02. The third kappa shape index (κ3) is 4.21. The van der Waals surface area contributed by atoms with Gasteiger partial charge in [0.15, 0.2) is 5.82 Å². The molecule has 1 saturated carbocycles. The van der Waals surface area contributed by atoms with E-state index in [1.54, 1.807) is 24.3 Å². The van der Waals surface area contributed by atoms with Crippen LogP contribution in [0.1, 0.15) is 31.2 Å². The molecule has 0 bridgehead atoms. The zero-order valence-electron chi connectivity index (χ0n) is 16.4. The van der Waals surface area contributed by atoms with Crippen molar-refractivity contribution < 1.29 is 23.1 Å². The molecule has 31 heavy (non-hydrogen) atoms. The maximum Gasteiger partial charge on any atom is 0.416 e. The number of carbonyl (C=O) groups is 1. The van der Waals surface area contributed by atoms with Gasteiger partial charge in [-0.2, -0.15) is 13.2 Å². The predicted octanol–water partition coefficient (Wildman–Crippen LogP) is 4.78. The molecule has 6 nitrogen and oxygen atoms in total. The lowest BCUT2D eigenvalue weighted by atomic mass is 9.93. The highest BCUT2D eigenvalue weighted by Crippen LogP contribution is 2.39. The monoisotopic (exact) mass is 428 g/mol. The first kappa shape index (κ1) is 20.8. The second-order valence-electron chi connectivity index (χ2n) is 7.33. The number of nitrogens with zero attached hydrogens (tertiary/aromatic N) is 3. The molecule has 0 aliphatic heterocycles. The summed E-state index contributed by atoms with van der Waals surface area (Å²) in [5, 5.41) is 22.7. The van der Waals surface area contributed by atoms with Gasteiger partial charge in [0.25, 0.3) is 0 Å². The molecule has 3 aromatic rings. The summed E-state index contributed by atoms with van der Waals surface area (Å²) >= 11 is 0. The van der Waals surface area contributed by atoms with Gasteiger partial charge < -0.3 is 10.4 Å². The number of amides is 1. The summed E-state index contributed by atoms with van der Waals surface area (Å²) in [5.74, 6) is -0.170. The first-order valence-corrected chi connectivity index (χ1v) is 9.81. The maximum absolute atomic E-state index is 12.9. The van der Waals surface area contributed by atoms with E-state index in [4.69, 9.17) is 0 Å². The van der Waals surface area contributed by atoms with Gasteiger partial charge >= 0.3 is 6.18 Å². The molecule has 1 atom stereocenters. The van der Waals surface area contributed by atoms with E-state index in [2.05, 4.69) is 20.5 Å². The molecule has 0 spiro atoms. The summed E-state index contributed by atoms with van der Waals surface area (Å²) in [5.41, 5.74) is 0.272. The van der Waals surface area contributed by atoms with Crippen LogP contribution in [0.3, 0.4) is 0 Å². The Hall–Kier alpha value is -3.49. The van der Waals surface area contributed by atoms with Crippen LogP contribution in [-0.2, 0) is 11.0 Å². The number of nitrogens with one attached hydrogen (secondary N) is 1. The van der Waals surface area contributed by atoms with Gasteiger partial charge in [0.2, 0.25) is 6.41 Å². The minimum absolute atomic E-state index is 0.147. The van der Waals surface area contributed by atoms with E-state index < -0.39 is 17.5 Å². The quantitative estimate of drug-likeness (QED) is 0.586. The number of fused-ring (bicyclic) bond motifs is 1. The van der Waals surface area contributed by atoms with Crippen molar-refractivity contribution in [2.24, 2.45) is 4.99 Å². The number of hydrogen-bond donors (Lipinski definition) is 2. The van der Waals surface area contributed by atoms with Crippen LogP contribution in [0.25, 0.3) is 22.0 Å². The van der Waals surface area contributed by atoms with Gasteiger partial charge in [0.05, 0.1) is 11.6 Å². The van der Waals surface area contributed by atoms with Gasteiger partial charge in [-0.3, -0.25) is 4.79 Å². The second kappa shape index (κ2) is 8.33. The van der Waals surface area contributed by atoms with Crippen LogP contribution in [0, 0.1) is 0 Å². The molecule has 1 heterocycles. The molecule has 1 aliphatic rings. The van der Waals surface area contributed by atoms with E-state index in [9.17, 15) is 23.1 Å². The predicted molar refractivity (Wildman–Crippen MR) is 110 cm³/mol. The maximum atomic E-state index is 12.9. The Morgan fingerprint density at radius 3 is 2.58 bits per heavy atom. The van der Waals surface area contributed by atoms with Gasteiger partial charge in [0, 0.05) is 22.0 Å². The van der Waals surface area contributed by atoms with E-state index in [1.165, 1.54) is 6.07 Å². The number of alkyl halides is 3. The van der Waals surface area contributed by atoms with Gasteiger partial charge in [-0.15, -0.1) is 10.2 Å². The van der Waals surface area contributed by atoms with Crippen LogP contribution in [0.15, 0.2) is 47.5 Å². The summed E-state index contributed by atoms with van der Waals surface area (Å²) in [6.45, 7) is 0. The molecule has 1 aromatic heterocycles. The van der Waals surface area contributed by atoms with E-state index in [0.717, 1.165) is 37.5 Å². The highest BCUT2D eigenvalue weighted by Gasteiger charge is 2.31. The minimum Gasteiger partial charge on any atom is -0.507 e. The number of aromatic hydroxyl groups is 1. The lowest BCUT2D eigenvalue weighted by Crippen LogP contribution is -2.38. The first-order chi connectivity index (χ1) is 14.9. The summed E-state index contributed by atoms with van der Waals surface area (Å²) in [6, 6.07) is 9.71. The molecule has 2 N–H and O–H groups in total. The topological polar surface area (TPSA) is 87.5 Å². The van der Waals surface area contributed by atoms with Crippen LogP contribution >= 0.6 is 0 Å². The number of rotatable bonds is 4. The molecular formula is C22H19F3N4O2. The minimum atomic E-state index is -4.56. The van der Waals surface area contributed by atoms with Crippen molar-refractivity contribution in [3.8, 4) is 17.0 Å². The number of halogens is 3. The third-order valence-corrected chi connectivity index (χ3v) is 5.34. The summed E-state index contributed by atoms with van der Waals surface area (Å²) in [4.78, 5) is 15.6. The van der Waals surface area contributed by atoms with Crippen LogP contribution in [0.4, 0.5) is 19.0 Å². The number of carbonyl (C=O) groups excluding carboxylic acids is 1. The summed E-state index contributed by atoms with van der Waals surface area (Å²) in [7, 11) is 0. The highest BCUT2D eigenvalue weighted by atomic mass is 19.4. The van der Waals surface area contributed by atoms with E-state index in [0.29, 0.717) is 29.1 Å².